The molecular weight excluding hydrogens is 361 g/mol. The number of hydrogen-bond acceptors (Lipinski definition) is 4. The Morgan fingerprint density at radius 1 is 1.24 bits per heavy atom. The highest BCUT2D eigenvalue weighted by molar-refractivity contribution is 9.10. The smallest absolute Gasteiger partial charge is 0.244 e. The van der Waals surface area contributed by atoms with Crippen LogP contribution < -0.4 is 5.73 Å². The van der Waals surface area contributed by atoms with Crippen LogP contribution in [0, 0.1) is 5.82 Å². The summed E-state index contributed by atoms with van der Waals surface area (Å²) < 4.78 is 40.4. The van der Waals surface area contributed by atoms with Crippen molar-refractivity contribution in [1.29, 1.82) is 0 Å². The molecular formula is C13H21BrFN3O2S. The van der Waals surface area contributed by atoms with E-state index in [1.165, 1.54) is 4.31 Å². The molecule has 0 saturated carbocycles. The maximum Gasteiger partial charge on any atom is 0.244 e. The van der Waals surface area contributed by atoms with Gasteiger partial charge in [-0.1, -0.05) is 6.92 Å². The van der Waals surface area contributed by atoms with Crippen molar-refractivity contribution >= 4 is 31.6 Å². The highest BCUT2D eigenvalue weighted by Crippen LogP contribution is 2.29. The number of sulfonamides is 1. The quantitative estimate of drug-likeness (QED) is 0.734. The molecule has 5 nitrogen and oxygen atoms in total. The third kappa shape index (κ3) is 4.64. The first-order valence-electron chi connectivity index (χ1n) is 6.59. The SMILES string of the molecule is CCCN(CCN(C)C)S(=O)(=O)c1cc(N)c(F)cc1Br. The predicted octanol–water partition coefficient (Wildman–Crippen LogP) is 2.13. The van der Waals surface area contributed by atoms with Crippen LogP contribution >= 0.6 is 15.9 Å². The van der Waals surface area contributed by atoms with E-state index in [-0.39, 0.29) is 15.1 Å². The first-order valence-corrected chi connectivity index (χ1v) is 8.82. The van der Waals surface area contributed by atoms with Gasteiger partial charge in [-0.2, -0.15) is 4.31 Å². The summed E-state index contributed by atoms with van der Waals surface area (Å²) in [6.45, 7) is 3.28. The standard InChI is InChI=1S/C13H21BrFN3O2S/c1-4-5-18(7-6-17(2)3)21(19,20)13-9-12(16)11(15)8-10(13)14/h8-9H,4-7,16H2,1-3H3. The molecule has 0 unspecified atom stereocenters. The lowest BCUT2D eigenvalue weighted by Gasteiger charge is -2.24. The second kappa shape index (κ2) is 7.53. The average Bonchev–Trinajstić information content (AvgIpc) is 2.38. The van der Waals surface area contributed by atoms with Crippen molar-refractivity contribution in [2.75, 3.05) is 39.5 Å². The second-order valence-electron chi connectivity index (χ2n) is 5.01. The van der Waals surface area contributed by atoms with Crippen LogP contribution in [0.1, 0.15) is 13.3 Å². The van der Waals surface area contributed by atoms with Crippen molar-refractivity contribution in [3.05, 3.63) is 22.4 Å². The van der Waals surface area contributed by atoms with Crippen LogP contribution in [-0.4, -0.2) is 51.4 Å². The fourth-order valence-corrected chi connectivity index (χ4v) is 4.33. The van der Waals surface area contributed by atoms with E-state index < -0.39 is 15.8 Å². The van der Waals surface area contributed by atoms with Crippen molar-refractivity contribution in [3.8, 4) is 0 Å². The van der Waals surface area contributed by atoms with E-state index in [1.807, 2.05) is 25.9 Å². The largest absolute Gasteiger partial charge is 0.396 e. The summed E-state index contributed by atoms with van der Waals surface area (Å²) in [4.78, 5) is 1.90. The predicted molar refractivity (Wildman–Crippen MR) is 86.1 cm³/mol. The van der Waals surface area contributed by atoms with Crippen molar-refractivity contribution < 1.29 is 12.8 Å². The van der Waals surface area contributed by atoms with Gasteiger partial charge >= 0.3 is 0 Å². The monoisotopic (exact) mass is 381 g/mol. The van der Waals surface area contributed by atoms with Gasteiger partial charge in [-0.3, -0.25) is 0 Å². The molecule has 0 fully saturated rings. The molecule has 0 spiro atoms. The van der Waals surface area contributed by atoms with Crippen molar-refractivity contribution in [2.45, 2.75) is 18.2 Å². The molecule has 0 aliphatic carbocycles. The summed E-state index contributed by atoms with van der Waals surface area (Å²) in [6.07, 6.45) is 0.695. The van der Waals surface area contributed by atoms with Crippen LogP contribution in [0.2, 0.25) is 0 Å². The maximum absolute atomic E-state index is 13.4. The van der Waals surface area contributed by atoms with Gasteiger partial charge in [0, 0.05) is 24.1 Å². The molecule has 0 saturated heterocycles. The van der Waals surface area contributed by atoms with Gasteiger partial charge in [-0.05, 0) is 48.6 Å². The lowest BCUT2D eigenvalue weighted by Crippen LogP contribution is -2.37. The Hall–Kier alpha value is -0.700. The number of hydrogen-bond donors (Lipinski definition) is 1. The lowest BCUT2D eigenvalue weighted by atomic mass is 10.3. The fraction of sp³-hybridized carbons (Fsp3) is 0.538. The van der Waals surface area contributed by atoms with E-state index in [1.54, 1.807) is 0 Å². The summed E-state index contributed by atoms with van der Waals surface area (Å²) in [5.74, 6) is -0.642. The molecule has 21 heavy (non-hydrogen) atoms. The Bertz CT molecular complexity index is 593. The van der Waals surface area contributed by atoms with Gasteiger partial charge in [-0.25, -0.2) is 12.8 Å². The van der Waals surface area contributed by atoms with Crippen LogP contribution in [0.25, 0.3) is 0 Å². The zero-order chi connectivity index (χ0) is 16.2. The highest BCUT2D eigenvalue weighted by atomic mass is 79.9. The van der Waals surface area contributed by atoms with E-state index in [9.17, 15) is 12.8 Å². The van der Waals surface area contributed by atoms with Gasteiger partial charge < -0.3 is 10.6 Å². The lowest BCUT2D eigenvalue weighted by molar-refractivity contribution is 0.333. The summed E-state index contributed by atoms with van der Waals surface area (Å²) in [6, 6.07) is 2.24. The Balaban J connectivity index is 3.19. The number of benzene rings is 1. The van der Waals surface area contributed by atoms with E-state index in [0.717, 1.165) is 12.1 Å². The third-order valence-electron chi connectivity index (χ3n) is 2.94. The average molecular weight is 382 g/mol. The molecule has 0 radical (unpaired) electrons. The maximum atomic E-state index is 13.4. The highest BCUT2D eigenvalue weighted by Gasteiger charge is 2.27. The minimum absolute atomic E-state index is 0.00592. The molecule has 2 N–H and O–H groups in total. The minimum Gasteiger partial charge on any atom is -0.396 e. The van der Waals surface area contributed by atoms with Gasteiger partial charge in [0.25, 0.3) is 0 Å². The molecule has 1 aromatic carbocycles. The van der Waals surface area contributed by atoms with Gasteiger partial charge in [0.05, 0.1) is 10.6 Å². The van der Waals surface area contributed by atoms with Gasteiger partial charge in [0.2, 0.25) is 10.0 Å². The van der Waals surface area contributed by atoms with Crippen LogP contribution in [0.4, 0.5) is 10.1 Å². The van der Waals surface area contributed by atoms with E-state index in [4.69, 9.17) is 5.73 Å². The van der Waals surface area contributed by atoms with Crippen LogP contribution in [0.15, 0.2) is 21.5 Å². The Kier molecular flexibility index (Phi) is 6.58. The first-order chi connectivity index (χ1) is 9.70. The molecule has 0 amide bonds. The zero-order valence-corrected chi connectivity index (χ0v) is 14.8. The number of nitrogen functional groups attached to an aromatic ring is 1. The van der Waals surface area contributed by atoms with Crippen LogP contribution in [0.5, 0.6) is 0 Å². The molecule has 0 aliphatic rings. The molecule has 0 bridgehead atoms. The number of anilines is 1. The number of halogens is 2. The molecule has 0 atom stereocenters. The van der Waals surface area contributed by atoms with Crippen LogP contribution in [-0.2, 0) is 10.0 Å². The summed E-state index contributed by atoms with van der Waals surface area (Å²) in [5.41, 5.74) is 5.32. The van der Waals surface area contributed by atoms with Crippen LogP contribution in [0.3, 0.4) is 0 Å². The van der Waals surface area contributed by atoms with E-state index in [2.05, 4.69) is 15.9 Å². The minimum atomic E-state index is -3.72. The molecule has 8 heteroatoms. The topological polar surface area (TPSA) is 66.6 Å². The zero-order valence-electron chi connectivity index (χ0n) is 12.4. The molecule has 0 aliphatic heterocycles. The number of rotatable bonds is 7. The second-order valence-corrected chi connectivity index (χ2v) is 7.77. The molecule has 1 rings (SSSR count). The van der Waals surface area contributed by atoms with Crippen molar-refractivity contribution in [1.82, 2.24) is 9.21 Å². The Labute approximate surface area is 134 Å². The number of nitrogens with two attached hydrogens (primary N) is 1. The Morgan fingerprint density at radius 2 is 1.86 bits per heavy atom. The number of nitrogens with zero attached hydrogens (tertiary/aromatic N) is 2. The van der Waals surface area contributed by atoms with Gasteiger partial charge in [0.1, 0.15) is 5.82 Å². The fourth-order valence-electron chi connectivity index (χ4n) is 1.79. The van der Waals surface area contributed by atoms with E-state index in [0.29, 0.717) is 26.1 Å². The third-order valence-corrected chi connectivity index (χ3v) is 5.80. The molecule has 120 valence electrons. The van der Waals surface area contributed by atoms with Crippen molar-refractivity contribution in [2.24, 2.45) is 0 Å². The summed E-state index contributed by atoms with van der Waals surface area (Å²) in [7, 11) is 0.0394. The normalized spacial score (nSPS) is 12.3. The summed E-state index contributed by atoms with van der Waals surface area (Å²) >= 11 is 3.10. The van der Waals surface area contributed by atoms with Gasteiger partial charge in [-0.15, -0.1) is 0 Å². The number of likely N-dealkylation sites (N-methyl/N-ethyl adjacent to an activating group) is 1. The Morgan fingerprint density at radius 3 is 2.38 bits per heavy atom. The van der Waals surface area contributed by atoms with Gasteiger partial charge in [0.15, 0.2) is 0 Å². The summed E-state index contributed by atoms with van der Waals surface area (Å²) in [5, 5.41) is 0. The molecule has 1 aromatic rings. The first kappa shape index (κ1) is 18.3. The van der Waals surface area contributed by atoms with E-state index >= 15 is 0 Å². The van der Waals surface area contributed by atoms with Crippen molar-refractivity contribution in [3.63, 3.8) is 0 Å². The molecule has 0 heterocycles. The molecule has 0 aromatic heterocycles.